The molecule has 0 bridgehead atoms. The molecule has 0 aliphatic rings. The fourth-order valence-electron chi connectivity index (χ4n) is 1.98. The summed E-state index contributed by atoms with van der Waals surface area (Å²) >= 11 is 0. The minimum Gasteiger partial charge on any atom is -0.492 e. The molecular formula is C16H16FN3O3. The van der Waals surface area contributed by atoms with Crippen LogP contribution in [0.4, 0.5) is 4.39 Å². The molecule has 1 aromatic carbocycles. The summed E-state index contributed by atoms with van der Waals surface area (Å²) in [6.45, 7) is 1.64. The predicted molar refractivity (Wildman–Crippen MR) is 80.2 cm³/mol. The Balaban J connectivity index is 1.46. The molecular weight excluding hydrogens is 301 g/mol. The first kappa shape index (κ1) is 15.2. The van der Waals surface area contributed by atoms with Gasteiger partial charge in [-0.05, 0) is 43.4 Å². The van der Waals surface area contributed by atoms with Crippen molar-refractivity contribution >= 4 is 0 Å². The summed E-state index contributed by atoms with van der Waals surface area (Å²) in [6, 6.07) is 9.46. The molecule has 0 spiro atoms. The first-order valence-corrected chi connectivity index (χ1v) is 7.14. The van der Waals surface area contributed by atoms with Gasteiger partial charge in [-0.15, -0.1) is 10.2 Å². The lowest BCUT2D eigenvalue weighted by molar-refractivity contribution is 0.220. The normalized spacial score (nSPS) is 11.1. The van der Waals surface area contributed by atoms with Gasteiger partial charge in [0.2, 0.25) is 5.89 Å². The molecule has 6 nitrogen and oxygen atoms in total. The first-order valence-electron chi connectivity index (χ1n) is 7.14. The Bertz CT molecular complexity index is 725. The van der Waals surface area contributed by atoms with Crippen LogP contribution in [-0.2, 0) is 6.54 Å². The van der Waals surface area contributed by atoms with E-state index in [2.05, 4.69) is 10.2 Å². The van der Waals surface area contributed by atoms with E-state index in [-0.39, 0.29) is 5.82 Å². The minimum absolute atomic E-state index is 0.279. The quantitative estimate of drug-likeness (QED) is 0.667. The molecule has 2 heterocycles. The van der Waals surface area contributed by atoms with E-state index < -0.39 is 0 Å². The van der Waals surface area contributed by atoms with E-state index >= 15 is 0 Å². The molecule has 0 unspecified atom stereocenters. The highest BCUT2D eigenvalue weighted by Crippen LogP contribution is 2.18. The van der Waals surface area contributed by atoms with Crippen molar-refractivity contribution in [1.82, 2.24) is 15.1 Å². The zero-order chi connectivity index (χ0) is 16.1. The number of hydrogen-bond acceptors (Lipinski definition) is 6. The third-order valence-electron chi connectivity index (χ3n) is 3.16. The van der Waals surface area contributed by atoms with E-state index in [1.165, 1.54) is 12.1 Å². The van der Waals surface area contributed by atoms with E-state index in [0.717, 1.165) is 0 Å². The van der Waals surface area contributed by atoms with Gasteiger partial charge in [-0.3, -0.25) is 4.90 Å². The lowest BCUT2D eigenvalue weighted by Crippen LogP contribution is -2.24. The zero-order valence-corrected chi connectivity index (χ0v) is 12.6. The van der Waals surface area contributed by atoms with Crippen molar-refractivity contribution < 1.29 is 18.0 Å². The Hall–Kier alpha value is -2.67. The number of halogens is 1. The number of likely N-dealkylation sites (N-methyl/N-ethyl adjacent to an activating group) is 1. The van der Waals surface area contributed by atoms with Gasteiger partial charge in [-0.25, -0.2) is 4.39 Å². The molecule has 3 rings (SSSR count). The molecule has 2 aromatic heterocycles. The molecule has 23 heavy (non-hydrogen) atoms. The van der Waals surface area contributed by atoms with E-state index in [1.807, 2.05) is 11.9 Å². The molecule has 0 aliphatic heterocycles. The maximum Gasteiger partial charge on any atom is 0.283 e. The third-order valence-corrected chi connectivity index (χ3v) is 3.16. The highest BCUT2D eigenvalue weighted by atomic mass is 19.1. The van der Waals surface area contributed by atoms with Crippen LogP contribution < -0.4 is 4.74 Å². The molecule has 120 valence electrons. The maximum absolute atomic E-state index is 12.8. The molecule has 0 N–H and O–H groups in total. The number of aromatic nitrogens is 2. The number of rotatable bonds is 7. The molecule has 0 fully saturated rings. The van der Waals surface area contributed by atoms with Crippen LogP contribution in [0, 0.1) is 5.82 Å². The van der Waals surface area contributed by atoms with Crippen molar-refractivity contribution in [3.8, 4) is 17.4 Å². The van der Waals surface area contributed by atoms with Crippen molar-refractivity contribution in [2.75, 3.05) is 20.2 Å². The van der Waals surface area contributed by atoms with Crippen LogP contribution >= 0.6 is 0 Å². The number of furan rings is 1. The second-order valence-electron chi connectivity index (χ2n) is 5.02. The molecule has 0 radical (unpaired) electrons. The summed E-state index contributed by atoms with van der Waals surface area (Å²) in [4.78, 5) is 1.99. The van der Waals surface area contributed by atoms with Crippen molar-refractivity contribution in [3.63, 3.8) is 0 Å². The average Bonchev–Trinajstić information content (AvgIpc) is 3.20. The van der Waals surface area contributed by atoms with Gasteiger partial charge in [0.05, 0.1) is 12.8 Å². The van der Waals surface area contributed by atoms with Gasteiger partial charge < -0.3 is 13.6 Å². The molecule has 0 amide bonds. The monoisotopic (exact) mass is 317 g/mol. The summed E-state index contributed by atoms with van der Waals surface area (Å²) in [5.41, 5.74) is 0. The smallest absolute Gasteiger partial charge is 0.283 e. The number of hydrogen-bond donors (Lipinski definition) is 0. The highest BCUT2D eigenvalue weighted by Gasteiger charge is 2.12. The van der Waals surface area contributed by atoms with Gasteiger partial charge in [-0.2, -0.15) is 0 Å². The van der Waals surface area contributed by atoms with E-state index in [9.17, 15) is 4.39 Å². The van der Waals surface area contributed by atoms with Crippen LogP contribution in [0.5, 0.6) is 5.75 Å². The zero-order valence-electron chi connectivity index (χ0n) is 12.6. The van der Waals surface area contributed by atoms with Crippen LogP contribution in [0.15, 0.2) is 51.5 Å². The minimum atomic E-state index is -0.279. The van der Waals surface area contributed by atoms with E-state index in [4.69, 9.17) is 13.6 Å². The van der Waals surface area contributed by atoms with Gasteiger partial charge in [0, 0.05) is 6.54 Å². The number of ether oxygens (including phenoxy) is 1. The first-order chi connectivity index (χ1) is 11.2. The van der Waals surface area contributed by atoms with Crippen LogP contribution in [0.25, 0.3) is 11.7 Å². The van der Waals surface area contributed by atoms with Gasteiger partial charge in [0.15, 0.2) is 5.76 Å². The fourth-order valence-corrected chi connectivity index (χ4v) is 1.98. The largest absolute Gasteiger partial charge is 0.492 e. The van der Waals surface area contributed by atoms with Crippen LogP contribution in [-0.4, -0.2) is 35.3 Å². The lowest BCUT2D eigenvalue weighted by Gasteiger charge is -2.14. The van der Waals surface area contributed by atoms with Crippen molar-refractivity contribution in [1.29, 1.82) is 0 Å². The molecule has 3 aromatic rings. The Labute approximate surface area is 132 Å². The van der Waals surface area contributed by atoms with Crippen molar-refractivity contribution in [2.24, 2.45) is 0 Å². The molecule has 0 saturated heterocycles. The van der Waals surface area contributed by atoms with Crippen molar-refractivity contribution in [3.05, 3.63) is 54.4 Å². The van der Waals surface area contributed by atoms with Gasteiger partial charge >= 0.3 is 0 Å². The summed E-state index contributed by atoms with van der Waals surface area (Å²) < 4.78 is 29.1. The van der Waals surface area contributed by atoms with Gasteiger partial charge in [-0.1, -0.05) is 0 Å². The number of nitrogens with zero attached hydrogens (tertiary/aromatic N) is 3. The Morgan fingerprint density at radius 2 is 2.00 bits per heavy atom. The third kappa shape index (κ3) is 4.17. The summed E-state index contributed by atoms with van der Waals surface area (Å²) in [5.74, 6) is 1.77. The Morgan fingerprint density at radius 1 is 1.17 bits per heavy atom. The average molecular weight is 317 g/mol. The van der Waals surface area contributed by atoms with Crippen LogP contribution in [0.3, 0.4) is 0 Å². The van der Waals surface area contributed by atoms with Gasteiger partial charge in [0.25, 0.3) is 5.89 Å². The second-order valence-corrected chi connectivity index (χ2v) is 5.02. The standard InChI is InChI=1S/C16H16FN3O3/c1-20(8-10-21-13-6-4-12(17)5-7-13)11-15-18-19-16(23-15)14-3-2-9-22-14/h2-7,9H,8,10-11H2,1H3. The predicted octanol–water partition coefficient (Wildman–Crippen LogP) is 2.98. The molecule has 0 aliphatic carbocycles. The Morgan fingerprint density at radius 3 is 2.74 bits per heavy atom. The van der Waals surface area contributed by atoms with Crippen LogP contribution in [0.2, 0.25) is 0 Å². The molecule has 0 saturated carbocycles. The maximum atomic E-state index is 12.8. The Kier molecular flexibility index (Phi) is 4.68. The summed E-state index contributed by atoms with van der Waals surface area (Å²) in [6.07, 6.45) is 1.55. The van der Waals surface area contributed by atoms with E-state index in [1.54, 1.807) is 30.5 Å². The SMILES string of the molecule is CN(CCOc1ccc(F)cc1)Cc1nnc(-c2ccco2)o1. The van der Waals surface area contributed by atoms with Crippen molar-refractivity contribution in [2.45, 2.75) is 6.54 Å². The fraction of sp³-hybridized carbons (Fsp3) is 0.250. The molecule has 0 atom stereocenters. The van der Waals surface area contributed by atoms with Crippen LogP contribution in [0.1, 0.15) is 5.89 Å². The topological polar surface area (TPSA) is 64.5 Å². The lowest BCUT2D eigenvalue weighted by atomic mass is 10.3. The summed E-state index contributed by atoms with van der Waals surface area (Å²) in [7, 11) is 1.92. The molecule has 7 heteroatoms. The highest BCUT2D eigenvalue weighted by molar-refractivity contribution is 5.42. The second kappa shape index (κ2) is 7.06. The number of benzene rings is 1. The summed E-state index contributed by atoms with van der Waals surface area (Å²) in [5, 5.41) is 7.93. The van der Waals surface area contributed by atoms with Gasteiger partial charge in [0.1, 0.15) is 18.2 Å². The van der Waals surface area contributed by atoms with E-state index in [0.29, 0.717) is 43.0 Å².